The van der Waals surface area contributed by atoms with E-state index in [0.29, 0.717) is 5.82 Å². The van der Waals surface area contributed by atoms with Crippen molar-refractivity contribution in [3.63, 3.8) is 0 Å². The van der Waals surface area contributed by atoms with E-state index in [-0.39, 0.29) is 0 Å². The molecule has 100 valence electrons. The summed E-state index contributed by atoms with van der Waals surface area (Å²) in [5, 5.41) is 0. The summed E-state index contributed by atoms with van der Waals surface area (Å²) in [6, 6.07) is 3.96. The van der Waals surface area contributed by atoms with Crippen LogP contribution in [0.25, 0.3) is 0 Å². The third-order valence-corrected chi connectivity index (χ3v) is 3.34. The highest BCUT2D eigenvalue weighted by atomic mass is 16.5. The van der Waals surface area contributed by atoms with Crippen LogP contribution in [0.1, 0.15) is 18.4 Å². The van der Waals surface area contributed by atoms with Crippen molar-refractivity contribution in [2.24, 2.45) is 11.8 Å². The van der Waals surface area contributed by atoms with E-state index >= 15 is 0 Å². The van der Waals surface area contributed by atoms with Gasteiger partial charge in [0.05, 0.1) is 0 Å². The Morgan fingerprint density at radius 2 is 2.22 bits per heavy atom. The molecule has 3 N–H and O–H groups in total. The normalized spacial score (nSPS) is 17.1. The zero-order valence-electron chi connectivity index (χ0n) is 10.9. The molecule has 1 saturated heterocycles. The number of rotatable bonds is 5. The van der Waals surface area contributed by atoms with Crippen molar-refractivity contribution < 1.29 is 4.74 Å². The van der Waals surface area contributed by atoms with Crippen molar-refractivity contribution in [1.29, 1.82) is 0 Å². The molecule has 0 spiro atoms. The third kappa shape index (κ3) is 3.94. The quantitative estimate of drug-likeness (QED) is 0.608. The van der Waals surface area contributed by atoms with Crippen LogP contribution in [0.5, 0.6) is 0 Å². The van der Waals surface area contributed by atoms with E-state index in [0.717, 1.165) is 32.2 Å². The van der Waals surface area contributed by atoms with Gasteiger partial charge in [-0.15, -0.1) is 0 Å². The maximum absolute atomic E-state index is 5.38. The summed E-state index contributed by atoms with van der Waals surface area (Å²) in [4.78, 5) is 6.56. The lowest BCUT2D eigenvalue weighted by atomic mass is 10.00. The minimum absolute atomic E-state index is 0.700. The molecule has 2 heterocycles. The lowest BCUT2D eigenvalue weighted by Crippen LogP contribution is -2.29. The first kappa shape index (κ1) is 13.3. The van der Waals surface area contributed by atoms with Crippen LogP contribution in [0.4, 0.5) is 5.82 Å². The lowest BCUT2D eigenvalue weighted by Gasteiger charge is -2.27. The predicted octanol–water partition coefficient (Wildman–Crippen LogP) is 1.23. The molecule has 0 radical (unpaired) electrons. The molecule has 0 aromatic carbocycles. The van der Waals surface area contributed by atoms with E-state index < -0.39 is 0 Å². The summed E-state index contributed by atoms with van der Waals surface area (Å²) < 4.78 is 5.38. The summed E-state index contributed by atoms with van der Waals surface area (Å²) in [5.74, 6) is 6.76. The van der Waals surface area contributed by atoms with Gasteiger partial charge in [0.15, 0.2) is 0 Å². The number of hydrogen-bond donors (Lipinski definition) is 2. The molecule has 1 aliphatic heterocycles. The van der Waals surface area contributed by atoms with Crippen molar-refractivity contribution in [1.82, 2.24) is 9.88 Å². The number of nitrogens with zero attached hydrogens (tertiary/aromatic N) is 2. The number of hydrogen-bond acceptors (Lipinski definition) is 5. The van der Waals surface area contributed by atoms with Gasteiger partial charge in [-0.2, -0.15) is 0 Å². The van der Waals surface area contributed by atoms with Gasteiger partial charge in [-0.1, -0.05) is 6.07 Å². The van der Waals surface area contributed by atoms with Crippen LogP contribution >= 0.6 is 0 Å². The third-order valence-electron chi connectivity index (χ3n) is 3.34. The van der Waals surface area contributed by atoms with Gasteiger partial charge in [-0.3, -0.25) is 0 Å². The number of hydrazine groups is 1. The van der Waals surface area contributed by atoms with Crippen LogP contribution in [0.3, 0.4) is 0 Å². The molecule has 1 aliphatic rings. The monoisotopic (exact) mass is 250 g/mol. The average Bonchev–Trinajstić information content (AvgIpc) is 2.40. The molecular formula is C13H22N4O. The molecule has 18 heavy (non-hydrogen) atoms. The van der Waals surface area contributed by atoms with Crippen molar-refractivity contribution in [2.45, 2.75) is 19.4 Å². The molecule has 0 bridgehead atoms. The topological polar surface area (TPSA) is 63.4 Å². The summed E-state index contributed by atoms with van der Waals surface area (Å²) >= 11 is 0. The second-order valence-electron chi connectivity index (χ2n) is 4.95. The van der Waals surface area contributed by atoms with Gasteiger partial charge in [0.2, 0.25) is 0 Å². The Hall–Kier alpha value is -1.17. The standard InChI is InChI=1S/C13H22N4O/c1-17(9-11-4-6-18-7-5-11)10-12-2-3-13(16-14)15-8-12/h2-3,8,11H,4-7,9-10,14H2,1H3,(H,15,16). The van der Waals surface area contributed by atoms with E-state index in [4.69, 9.17) is 10.6 Å². The Morgan fingerprint density at radius 1 is 1.44 bits per heavy atom. The maximum Gasteiger partial charge on any atom is 0.139 e. The second kappa shape index (κ2) is 6.68. The van der Waals surface area contributed by atoms with E-state index in [9.17, 15) is 0 Å². The Kier molecular flexibility index (Phi) is 4.92. The molecule has 1 aromatic heterocycles. The van der Waals surface area contributed by atoms with Crippen LogP contribution in [0.15, 0.2) is 18.3 Å². The Balaban J connectivity index is 1.80. The van der Waals surface area contributed by atoms with Crippen LogP contribution in [0, 0.1) is 5.92 Å². The smallest absolute Gasteiger partial charge is 0.139 e. The summed E-state index contributed by atoms with van der Waals surface area (Å²) in [5.41, 5.74) is 3.75. The van der Waals surface area contributed by atoms with Crippen molar-refractivity contribution in [3.8, 4) is 0 Å². The number of aromatic nitrogens is 1. The van der Waals surface area contributed by atoms with Gasteiger partial charge < -0.3 is 15.1 Å². The van der Waals surface area contributed by atoms with Crippen LogP contribution in [-0.2, 0) is 11.3 Å². The maximum atomic E-state index is 5.38. The lowest BCUT2D eigenvalue weighted by molar-refractivity contribution is 0.0549. The zero-order valence-corrected chi connectivity index (χ0v) is 10.9. The van der Waals surface area contributed by atoms with E-state index in [1.165, 1.54) is 18.4 Å². The van der Waals surface area contributed by atoms with Crippen LogP contribution in [-0.4, -0.2) is 36.7 Å². The van der Waals surface area contributed by atoms with Gasteiger partial charge in [0, 0.05) is 32.5 Å². The fourth-order valence-corrected chi connectivity index (χ4v) is 2.35. The first-order valence-electron chi connectivity index (χ1n) is 6.46. The number of nitrogens with two attached hydrogens (primary N) is 1. The van der Waals surface area contributed by atoms with Gasteiger partial charge in [-0.05, 0) is 37.4 Å². The Bertz CT molecular complexity index is 349. The van der Waals surface area contributed by atoms with Gasteiger partial charge in [0.1, 0.15) is 5.82 Å². The SMILES string of the molecule is CN(Cc1ccc(NN)nc1)CC1CCOCC1. The minimum atomic E-state index is 0.700. The van der Waals surface area contributed by atoms with E-state index in [1.807, 2.05) is 12.3 Å². The molecule has 1 fully saturated rings. The second-order valence-corrected chi connectivity index (χ2v) is 4.95. The number of nitrogen functional groups attached to an aromatic ring is 1. The number of anilines is 1. The Morgan fingerprint density at radius 3 is 2.83 bits per heavy atom. The molecule has 0 amide bonds. The summed E-state index contributed by atoms with van der Waals surface area (Å²) in [6.45, 7) is 3.88. The summed E-state index contributed by atoms with van der Waals surface area (Å²) in [7, 11) is 2.16. The molecule has 0 saturated carbocycles. The van der Waals surface area contributed by atoms with Crippen LogP contribution < -0.4 is 11.3 Å². The molecule has 0 unspecified atom stereocenters. The predicted molar refractivity (Wildman–Crippen MR) is 71.9 cm³/mol. The zero-order chi connectivity index (χ0) is 12.8. The Labute approximate surface area is 108 Å². The van der Waals surface area contributed by atoms with Crippen LogP contribution in [0.2, 0.25) is 0 Å². The minimum Gasteiger partial charge on any atom is -0.381 e. The molecule has 1 aromatic rings. The highest BCUT2D eigenvalue weighted by Gasteiger charge is 2.15. The fourth-order valence-electron chi connectivity index (χ4n) is 2.35. The first-order valence-corrected chi connectivity index (χ1v) is 6.46. The van der Waals surface area contributed by atoms with Crippen molar-refractivity contribution in [3.05, 3.63) is 23.9 Å². The molecule has 5 heteroatoms. The molecule has 2 rings (SSSR count). The largest absolute Gasteiger partial charge is 0.381 e. The van der Waals surface area contributed by atoms with Crippen molar-refractivity contribution >= 4 is 5.82 Å². The number of pyridine rings is 1. The summed E-state index contributed by atoms with van der Waals surface area (Å²) in [6.07, 6.45) is 4.23. The number of ether oxygens (including phenoxy) is 1. The molecule has 0 atom stereocenters. The highest BCUT2D eigenvalue weighted by molar-refractivity contribution is 5.33. The number of nitrogens with one attached hydrogen (secondary N) is 1. The highest BCUT2D eigenvalue weighted by Crippen LogP contribution is 2.16. The van der Waals surface area contributed by atoms with E-state index in [2.05, 4.69) is 28.4 Å². The van der Waals surface area contributed by atoms with Gasteiger partial charge in [0.25, 0.3) is 0 Å². The molecular weight excluding hydrogens is 228 g/mol. The van der Waals surface area contributed by atoms with Crippen molar-refractivity contribution in [2.75, 3.05) is 32.2 Å². The van der Waals surface area contributed by atoms with Gasteiger partial charge in [-0.25, -0.2) is 10.8 Å². The van der Waals surface area contributed by atoms with Gasteiger partial charge >= 0.3 is 0 Å². The van der Waals surface area contributed by atoms with E-state index in [1.54, 1.807) is 0 Å². The molecule has 0 aliphatic carbocycles. The average molecular weight is 250 g/mol. The molecule has 5 nitrogen and oxygen atoms in total. The first-order chi connectivity index (χ1) is 8.78. The fraction of sp³-hybridized carbons (Fsp3) is 0.615.